The first kappa shape index (κ1) is 21.0. The predicted molar refractivity (Wildman–Crippen MR) is 130 cm³/mol. The predicted octanol–water partition coefficient (Wildman–Crippen LogP) is 3.83. The van der Waals surface area contributed by atoms with Crippen LogP contribution in [0.15, 0.2) is 75.9 Å². The highest BCUT2D eigenvalue weighted by atomic mass is 19.1. The normalized spacial score (nSPS) is 14.1. The van der Waals surface area contributed by atoms with E-state index in [1.807, 2.05) is 35.2 Å². The summed E-state index contributed by atoms with van der Waals surface area (Å²) in [6, 6.07) is 18.8. The molecule has 1 amide bonds. The van der Waals surface area contributed by atoms with Gasteiger partial charge in [0.15, 0.2) is 5.58 Å². The number of amides is 1. The molecule has 5 aromatic rings. The fourth-order valence-corrected chi connectivity index (χ4v) is 4.31. The van der Waals surface area contributed by atoms with Crippen molar-refractivity contribution >= 4 is 33.9 Å². The van der Waals surface area contributed by atoms with Gasteiger partial charge < -0.3 is 14.2 Å². The lowest BCUT2D eigenvalue weighted by molar-refractivity contribution is 0.0746. The molecule has 174 valence electrons. The second kappa shape index (κ2) is 8.35. The molecule has 1 fully saturated rings. The fourth-order valence-electron chi connectivity index (χ4n) is 4.31. The maximum Gasteiger partial charge on any atom is 0.260 e. The molecule has 1 N–H and O–H groups in total. The number of rotatable bonds is 3. The lowest BCUT2D eigenvalue weighted by atomic mass is 10.1. The number of oxazole rings is 1. The molecule has 3 aromatic carbocycles. The second-order valence-electron chi connectivity index (χ2n) is 8.40. The van der Waals surface area contributed by atoms with Crippen LogP contribution in [0.5, 0.6) is 0 Å². The van der Waals surface area contributed by atoms with Crippen LogP contribution in [0.3, 0.4) is 0 Å². The molecule has 35 heavy (non-hydrogen) atoms. The zero-order valence-corrected chi connectivity index (χ0v) is 18.6. The van der Waals surface area contributed by atoms with Crippen LogP contribution >= 0.6 is 0 Å². The highest BCUT2D eigenvalue weighted by Crippen LogP contribution is 2.25. The molecule has 0 saturated carbocycles. The lowest BCUT2D eigenvalue weighted by Gasteiger charge is -2.35. The van der Waals surface area contributed by atoms with Crippen molar-refractivity contribution in [3.63, 3.8) is 0 Å². The average Bonchev–Trinajstić information content (AvgIpc) is 3.33. The molecule has 3 heterocycles. The van der Waals surface area contributed by atoms with Gasteiger partial charge in [0.1, 0.15) is 11.3 Å². The van der Waals surface area contributed by atoms with Crippen molar-refractivity contribution in [3.8, 4) is 11.5 Å². The number of aromatic nitrogens is 3. The van der Waals surface area contributed by atoms with Gasteiger partial charge in [0.05, 0.1) is 10.9 Å². The number of nitrogens with one attached hydrogen (secondary N) is 1. The summed E-state index contributed by atoms with van der Waals surface area (Å²) in [5.41, 5.74) is 2.69. The zero-order chi connectivity index (χ0) is 23.9. The van der Waals surface area contributed by atoms with E-state index >= 15 is 0 Å². The summed E-state index contributed by atoms with van der Waals surface area (Å²) in [5.74, 6) is 0.347. The topological polar surface area (TPSA) is 95.3 Å². The highest BCUT2D eigenvalue weighted by molar-refractivity contribution is 5.97. The molecular weight excluding hydrogens is 449 g/mol. The van der Waals surface area contributed by atoms with E-state index < -0.39 is 11.4 Å². The third kappa shape index (κ3) is 3.90. The molecule has 0 spiro atoms. The standard InChI is InChI=1S/C26H20FN5O3/c27-18-7-9-20-19(15-18)23(33)30-26(29-20)32-12-10-31(11-13-32)25(34)17-6-8-21-22(14-17)35-24(28-21)16-4-2-1-3-5-16/h1-9,14-15H,10-13H2,(H,29,30,33). The monoisotopic (exact) mass is 469 g/mol. The van der Waals surface area contributed by atoms with E-state index in [9.17, 15) is 14.0 Å². The molecule has 0 bridgehead atoms. The molecule has 0 unspecified atom stereocenters. The van der Waals surface area contributed by atoms with Crippen LogP contribution in [0, 0.1) is 5.82 Å². The van der Waals surface area contributed by atoms with Crippen LogP contribution in [0.4, 0.5) is 10.3 Å². The largest absolute Gasteiger partial charge is 0.436 e. The summed E-state index contributed by atoms with van der Waals surface area (Å²) < 4.78 is 19.4. The van der Waals surface area contributed by atoms with Crippen molar-refractivity contribution in [3.05, 3.63) is 88.5 Å². The first-order valence-corrected chi connectivity index (χ1v) is 11.2. The van der Waals surface area contributed by atoms with E-state index in [4.69, 9.17) is 4.42 Å². The maximum atomic E-state index is 13.5. The molecule has 2 aromatic heterocycles. The summed E-state index contributed by atoms with van der Waals surface area (Å²) in [6.45, 7) is 1.94. The molecule has 1 aliphatic rings. The van der Waals surface area contributed by atoms with E-state index in [0.717, 1.165) is 5.56 Å². The lowest BCUT2D eigenvalue weighted by Crippen LogP contribution is -2.49. The summed E-state index contributed by atoms with van der Waals surface area (Å²) >= 11 is 0. The van der Waals surface area contributed by atoms with Gasteiger partial charge in [0, 0.05) is 37.3 Å². The number of nitrogens with zero attached hydrogens (tertiary/aromatic N) is 4. The average molecular weight is 469 g/mol. The minimum atomic E-state index is -0.482. The Kier molecular flexibility index (Phi) is 5.02. The van der Waals surface area contributed by atoms with Gasteiger partial charge in [-0.1, -0.05) is 18.2 Å². The van der Waals surface area contributed by atoms with Crippen LogP contribution in [0.1, 0.15) is 10.4 Å². The molecule has 1 aliphatic heterocycles. The second-order valence-corrected chi connectivity index (χ2v) is 8.40. The van der Waals surface area contributed by atoms with Gasteiger partial charge in [0.2, 0.25) is 11.8 Å². The van der Waals surface area contributed by atoms with E-state index in [0.29, 0.717) is 60.2 Å². The number of carbonyl (C=O) groups is 1. The highest BCUT2D eigenvalue weighted by Gasteiger charge is 2.24. The molecular formula is C26H20FN5O3. The van der Waals surface area contributed by atoms with Crippen LogP contribution in [-0.4, -0.2) is 51.9 Å². The van der Waals surface area contributed by atoms with Crippen molar-refractivity contribution in [1.29, 1.82) is 0 Å². The molecule has 1 saturated heterocycles. The minimum absolute atomic E-state index is 0.0975. The van der Waals surface area contributed by atoms with Gasteiger partial charge >= 0.3 is 0 Å². The first-order valence-electron chi connectivity index (χ1n) is 11.2. The van der Waals surface area contributed by atoms with Crippen molar-refractivity contribution < 1.29 is 13.6 Å². The van der Waals surface area contributed by atoms with Gasteiger partial charge in [-0.05, 0) is 48.5 Å². The fraction of sp³-hybridized carbons (Fsp3) is 0.154. The number of hydrogen-bond donors (Lipinski definition) is 1. The Hall–Kier alpha value is -4.53. The SMILES string of the molecule is O=C(c1ccc2nc(-c3ccccc3)oc2c1)N1CCN(c2nc3ccc(F)cc3c(=O)[nH]2)CC1. The Labute approximate surface area is 198 Å². The Balaban J connectivity index is 1.18. The zero-order valence-electron chi connectivity index (χ0n) is 18.6. The number of aromatic amines is 1. The number of H-pyrrole nitrogens is 1. The van der Waals surface area contributed by atoms with E-state index in [1.54, 1.807) is 23.1 Å². The van der Waals surface area contributed by atoms with Crippen LogP contribution < -0.4 is 10.5 Å². The maximum absolute atomic E-state index is 13.5. The number of benzene rings is 3. The van der Waals surface area contributed by atoms with Crippen molar-refractivity contribution in [2.45, 2.75) is 0 Å². The molecule has 0 atom stereocenters. The van der Waals surface area contributed by atoms with Crippen LogP contribution in [0.2, 0.25) is 0 Å². The van der Waals surface area contributed by atoms with Crippen molar-refractivity contribution in [2.75, 3.05) is 31.1 Å². The quantitative estimate of drug-likeness (QED) is 0.432. The van der Waals surface area contributed by atoms with Gasteiger partial charge in [-0.3, -0.25) is 14.6 Å². The number of halogens is 1. The van der Waals surface area contributed by atoms with Crippen LogP contribution in [0.25, 0.3) is 33.5 Å². The summed E-state index contributed by atoms with van der Waals surface area (Å²) in [4.78, 5) is 40.9. The van der Waals surface area contributed by atoms with Crippen molar-refractivity contribution in [1.82, 2.24) is 19.9 Å². The van der Waals surface area contributed by atoms with E-state index in [2.05, 4.69) is 15.0 Å². The van der Waals surface area contributed by atoms with Crippen molar-refractivity contribution in [2.24, 2.45) is 0 Å². The van der Waals surface area contributed by atoms with Gasteiger partial charge in [0.25, 0.3) is 11.5 Å². The molecule has 9 heteroatoms. The molecule has 0 aliphatic carbocycles. The Bertz CT molecular complexity index is 1620. The third-order valence-corrected chi connectivity index (χ3v) is 6.18. The van der Waals surface area contributed by atoms with Gasteiger partial charge in [-0.15, -0.1) is 0 Å². The Morgan fingerprint density at radius 3 is 2.49 bits per heavy atom. The summed E-state index contributed by atoms with van der Waals surface area (Å²) in [5, 5.41) is 0.209. The third-order valence-electron chi connectivity index (χ3n) is 6.18. The number of carbonyl (C=O) groups excluding carboxylic acids is 1. The molecule has 0 radical (unpaired) electrons. The van der Waals surface area contributed by atoms with Crippen LogP contribution in [-0.2, 0) is 0 Å². The number of fused-ring (bicyclic) bond motifs is 2. The number of anilines is 1. The Morgan fingerprint density at radius 1 is 0.914 bits per heavy atom. The molecule has 8 nitrogen and oxygen atoms in total. The molecule has 6 rings (SSSR count). The Morgan fingerprint density at radius 2 is 1.69 bits per heavy atom. The smallest absolute Gasteiger partial charge is 0.260 e. The minimum Gasteiger partial charge on any atom is -0.436 e. The van der Waals surface area contributed by atoms with Gasteiger partial charge in [-0.25, -0.2) is 14.4 Å². The summed E-state index contributed by atoms with van der Waals surface area (Å²) in [7, 11) is 0. The number of hydrogen-bond acceptors (Lipinski definition) is 6. The summed E-state index contributed by atoms with van der Waals surface area (Å²) in [6.07, 6.45) is 0. The van der Waals surface area contributed by atoms with E-state index in [1.165, 1.54) is 18.2 Å². The van der Waals surface area contributed by atoms with E-state index in [-0.39, 0.29) is 11.3 Å². The van der Waals surface area contributed by atoms with Gasteiger partial charge in [-0.2, -0.15) is 0 Å². The number of piperazine rings is 1. The first-order chi connectivity index (χ1) is 17.0.